The summed E-state index contributed by atoms with van der Waals surface area (Å²) < 4.78 is 0. The van der Waals surface area contributed by atoms with Crippen LogP contribution in [0.4, 0.5) is 0 Å². The van der Waals surface area contributed by atoms with Crippen molar-refractivity contribution in [3.63, 3.8) is 0 Å². The Kier molecular flexibility index (Phi) is 12.5. The normalized spacial score (nSPS) is 21.9. The van der Waals surface area contributed by atoms with E-state index in [2.05, 4.69) is 22.8 Å². The molecule has 0 aromatic heterocycles. The van der Waals surface area contributed by atoms with Gasteiger partial charge in [0.05, 0.1) is 6.04 Å². The molecule has 0 bridgehead atoms. The first-order valence-electron chi connectivity index (χ1n) is 17.3. The van der Waals surface area contributed by atoms with Crippen molar-refractivity contribution in [3.8, 4) is 0 Å². The first-order valence-corrected chi connectivity index (χ1v) is 17.3. The van der Waals surface area contributed by atoms with Gasteiger partial charge in [0.2, 0.25) is 17.7 Å². The molecule has 0 aliphatic heterocycles. The lowest BCUT2D eigenvalue weighted by atomic mass is 9.81. The summed E-state index contributed by atoms with van der Waals surface area (Å²) in [6.07, 6.45) is 11.6. The van der Waals surface area contributed by atoms with Crippen LogP contribution in [0.3, 0.4) is 0 Å². The average Bonchev–Trinajstić information content (AvgIpc) is 3.44. The number of aryl methyl sites for hydroxylation is 1. The summed E-state index contributed by atoms with van der Waals surface area (Å²) in [6.45, 7) is 3.88. The summed E-state index contributed by atoms with van der Waals surface area (Å²) in [4.78, 5) is 58.1. The molecule has 250 valence electrons. The van der Waals surface area contributed by atoms with Gasteiger partial charge in [-0.3, -0.25) is 19.3 Å². The predicted octanol–water partition coefficient (Wildman–Crippen LogP) is 4.73. The summed E-state index contributed by atoms with van der Waals surface area (Å²) in [5.41, 5.74) is 2.48. The number of amides is 3. The predicted molar refractivity (Wildman–Crippen MR) is 176 cm³/mol. The van der Waals surface area contributed by atoms with E-state index in [0.29, 0.717) is 6.42 Å². The zero-order valence-corrected chi connectivity index (χ0v) is 28.1. The molecule has 3 N–H and O–H groups in total. The number of carboxylic acid groups (broad SMARTS) is 1. The summed E-state index contributed by atoms with van der Waals surface area (Å²) in [7, 11) is 5.39. The Balaban J connectivity index is 1.59. The lowest BCUT2D eigenvalue weighted by Crippen LogP contribution is -2.61. The largest absolute Gasteiger partial charge is 0.480 e. The molecule has 4 rings (SSSR count). The fourth-order valence-corrected chi connectivity index (χ4v) is 8.13. The van der Waals surface area contributed by atoms with E-state index in [-0.39, 0.29) is 41.4 Å². The molecule has 1 unspecified atom stereocenters. The number of carbonyl (C=O) groups is 4. The second-order valence-electron chi connectivity index (χ2n) is 14.5. The van der Waals surface area contributed by atoms with Crippen LogP contribution >= 0.6 is 0 Å². The minimum absolute atomic E-state index is 0.0195. The Morgan fingerprint density at radius 1 is 0.800 bits per heavy atom. The fourth-order valence-electron chi connectivity index (χ4n) is 8.13. The molecule has 3 amide bonds. The van der Waals surface area contributed by atoms with Crippen LogP contribution in [0.2, 0.25) is 0 Å². The highest BCUT2D eigenvalue weighted by Gasteiger charge is 2.42. The van der Waals surface area contributed by atoms with Crippen molar-refractivity contribution in [2.75, 3.05) is 21.1 Å². The Hall–Kier alpha value is -2.94. The molecule has 3 aliphatic rings. The van der Waals surface area contributed by atoms with Gasteiger partial charge in [0.15, 0.2) is 0 Å². The SMILES string of the molecule is CC(C)C[C@H](C(=O)O)N(C)C(=O)[C@H](NC(=O)[C@H](NC(=O)[C@@H](C1CCc2ccccc21)N(C)C)C1CCCCC1)C1CCCCC1. The second kappa shape index (κ2) is 16.1. The number of aliphatic carboxylic acids is 1. The Morgan fingerprint density at radius 3 is 1.91 bits per heavy atom. The molecular formula is C36H56N4O5. The van der Waals surface area contributed by atoms with E-state index in [4.69, 9.17) is 0 Å². The van der Waals surface area contributed by atoms with E-state index in [1.807, 2.05) is 45.0 Å². The maximum Gasteiger partial charge on any atom is 0.326 e. The highest BCUT2D eigenvalue weighted by Crippen LogP contribution is 2.37. The molecule has 1 aromatic rings. The van der Waals surface area contributed by atoms with Crippen molar-refractivity contribution in [2.24, 2.45) is 17.8 Å². The fraction of sp³-hybridized carbons (Fsp3) is 0.722. The number of nitrogens with zero attached hydrogens (tertiary/aromatic N) is 2. The zero-order chi connectivity index (χ0) is 32.7. The molecule has 0 radical (unpaired) electrons. The maximum absolute atomic E-state index is 14.3. The van der Waals surface area contributed by atoms with Gasteiger partial charge >= 0.3 is 5.97 Å². The lowest BCUT2D eigenvalue weighted by molar-refractivity contribution is -0.152. The molecule has 2 saturated carbocycles. The molecule has 9 nitrogen and oxygen atoms in total. The number of nitrogens with one attached hydrogen (secondary N) is 2. The first kappa shape index (κ1) is 34.9. The molecule has 9 heteroatoms. The quantitative estimate of drug-likeness (QED) is 0.292. The minimum atomic E-state index is -1.04. The van der Waals surface area contributed by atoms with Crippen LogP contribution < -0.4 is 10.6 Å². The van der Waals surface area contributed by atoms with Gasteiger partial charge in [-0.25, -0.2) is 4.79 Å². The van der Waals surface area contributed by atoms with Crippen LogP contribution in [0.5, 0.6) is 0 Å². The number of carbonyl (C=O) groups excluding carboxylic acids is 3. The van der Waals surface area contributed by atoms with Gasteiger partial charge in [0, 0.05) is 13.0 Å². The molecule has 1 aromatic carbocycles. The van der Waals surface area contributed by atoms with E-state index in [1.54, 1.807) is 7.05 Å². The highest BCUT2D eigenvalue weighted by atomic mass is 16.4. The van der Waals surface area contributed by atoms with Crippen molar-refractivity contribution >= 4 is 23.7 Å². The van der Waals surface area contributed by atoms with Gasteiger partial charge in [0.1, 0.15) is 18.1 Å². The van der Waals surface area contributed by atoms with Gasteiger partial charge in [-0.1, -0.05) is 76.6 Å². The molecule has 0 heterocycles. The van der Waals surface area contributed by atoms with Crippen molar-refractivity contribution < 1.29 is 24.3 Å². The highest BCUT2D eigenvalue weighted by molar-refractivity contribution is 5.94. The van der Waals surface area contributed by atoms with E-state index >= 15 is 0 Å². The summed E-state index contributed by atoms with van der Waals surface area (Å²) in [6, 6.07) is 5.33. The van der Waals surface area contributed by atoms with E-state index in [1.165, 1.54) is 16.0 Å². The maximum atomic E-state index is 14.3. The number of carboxylic acids is 1. The van der Waals surface area contributed by atoms with E-state index < -0.39 is 30.1 Å². The first-order chi connectivity index (χ1) is 21.5. The van der Waals surface area contributed by atoms with Crippen LogP contribution in [0.25, 0.3) is 0 Å². The Labute approximate surface area is 269 Å². The summed E-state index contributed by atoms with van der Waals surface area (Å²) >= 11 is 0. The molecule has 3 aliphatic carbocycles. The van der Waals surface area contributed by atoms with Gasteiger partial charge in [-0.15, -0.1) is 0 Å². The number of hydrogen-bond donors (Lipinski definition) is 3. The van der Waals surface area contributed by atoms with Gasteiger partial charge in [0.25, 0.3) is 0 Å². The second-order valence-corrected chi connectivity index (χ2v) is 14.5. The van der Waals surface area contributed by atoms with Gasteiger partial charge in [-0.2, -0.15) is 0 Å². The van der Waals surface area contributed by atoms with Crippen LogP contribution in [-0.4, -0.2) is 83.9 Å². The van der Waals surface area contributed by atoms with E-state index in [9.17, 15) is 24.3 Å². The number of fused-ring (bicyclic) bond motifs is 1. The van der Waals surface area contributed by atoms with Crippen LogP contribution in [0, 0.1) is 17.8 Å². The van der Waals surface area contributed by atoms with Crippen molar-refractivity contribution in [2.45, 2.75) is 127 Å². The van der Waals surface area contributed by atoms with E-state index in [0.717, 1.165) is 77.0 Å². The lowest BCUT2D eigenvalue weighted by Gasteiger charge is -2.38. The molecule has 0 spiro atoms. The third-order valence-electron chi connectivity index (χ3n) is 10.6. The molecule has 0 saturated heterocycles. The number of benzene rings is 1. The standard InChI is InChI=1S/C36H56N4O5/c1-23(2)22-29(36(44)45)40(5)35(43)31(26-17-10-7-11-18-26)38-33(41)30(25-15-8-6-9-16-25)37-34(42)32(39(3)4)28-21-20-24-14-12-13-19-27(24)28/h12-14,19,23,25-26,28-32H,6-11,15-18,20-22H2,1-5H3,(H,37,42)(H,38,41)(H,44,45)/t28?,29-,30-,31-,32-/m1/s1. The number of likely N-dealkylation sites (N-methyl/N-ethyl adjacent to an activating group) is 2. The Morgan fingerprint density at radius 2 is 1.36 bits per heavy atom. The summed E-state index contributed by atoms with van der Waals surface area (Å²) in [5.74, 6) is -1.85. The average molecular weight is 625 g/mol. The topological polar surface area (TPSA) is 119 Å². The molecule has 2 fully saturated rings. The monoisotopic (exact) mass is 624 g/mol. The van der Waals surface area contributed by atoms with Gasteiger partial charge in [-0.05, 0) is 87.9 Å². The molecule has 45 heavy (non-hydrogen) atoms. The van der Waals surface area contributed by atoms with Crippen LogP contribution in [0.15, 0.2) is 24.3 Å². The Bertz CT molecular complexity index is 1170. The van der Waals surface area contributed by atoms with Crippen molar-refractivity contribution in [1.82, 2.24) is 20.4 Å². The number of hydrogen-bond acceptors (Lipinski definition) is 5. The van der Waals surface area contributed by atoms with Gasteiger partial charge < -0.3 is 20.6 Å². The zero-order valence-electron chi connectivity index (χ0n) is 28.1. The van der Waals surface area contributed by atoms with Crippen molar-refractivity contribution in [3.05, 3.63) is 35.4 Å². The molecular weight excluding hydrogens is 568 g/mol. The third-order valence-corrected chi connectivity index (χ3v) is 10.6. The number of rotatable bonds is 13. The summed E-state index contributed by atoms with van der Waals surface area (Å²) in [5, 5.41) is 16.3. The smallest absolute Gasteiger partial charge is 0.326 e. The van der Waals surface area contributed by atoms with Crippen molar-refractivity contribution in [1.29, 1.82) is 0 Å². The van der Waals surface area contributed by atoms with Crippen LogP contribution in [0.1, 0.15) is 108 Å². The van der Waals surface area contributed by atoms with Crippen LogP contribution in [-0.2, 0) is 25.6 Å². The molecule has 5 atom stereocenters. The third kappa shape index (κ3) is 8.66. The minimum Gasteiger partial charge on any atom is -0.480 e.